The minimum absolute atomic E-state index is 0.164. The summed E-state index contributed by atoms with van der Waals surface area (Å²) in [7, 11) is 8.72. The van der Waals surface area contributed by atoms with E-state index in [1.807, 2.05) is 6.07 Å². The second-order valence-electron chi connectivity index (χ2n) is 7.57. The second-order valence-corrected chi connectivity index (χ2v) is 7.57. The third-order valence-electron chi connectivity index (χ3n) is 5.91. The van der Waals surface area contributed by atoms with Crippen molar-refractivity contribution >= 4 is 0 Å². The SMILES string of the molecule is COCOc1cc2c(cc1OC)-c1c(OC)c(OCOC)cc3c1[C@H](C2)N(C)CC3. The fourth-order valence-electron chi connectivity index (χ4n) is 4.53. The normalized spacial score (nSPS) is 17.2. The summed E-state index contributed by atoms with van der Waals surface area (Å²) in [5, 5.41) is 0. The average Bonchev–Trinajstić information content (AvgIpc) is 2.77. The predicted molar refractivity (Wildman–Crippen MR) is 113 cm³/mol. The third-order valence-corrected chi connectivity index (χ3v) is 5.91. The summed E-state index contributed by atoms with van der Waals surface area (Å²) in [4.78, 5) is 2.41. The molecule has 0 spiro atoms. The van der Waals surface area contributed by atoms with E-state index in [-0.39, 0.29) is 19.6 Å². The van der Waals surface area contributed by atoms with Crippen molar-refractivity contribution in [2.75, 3.05) is 55.6 Å². The summed E-state index contributed by atoms with van der Waals surface area (Å²) in [6, 6.07) is 6.46. The van der Waals surface area contributed by atoms with E-state index in [2.05, 4.69) is 24.1 Å². The van der Waals surface area contributed by atoms with E-state index < -0.39 is 0 Å². The van der Waals surface area contributed by atoms with Crippen LogP contribution in [0.1, 0.15) is 22.7 Å². The van der Waals surface area contributed by atoms with Gasteiger partial charge in [0.1, 0.15) is 0 Å². The lowest BCUT2D eigenvalue weighted by atomic mass is 9.76. The Morgan fingerprint density at radius 1 is 0.867 bits per heavy atom. The number of methoxy groups -OCH3 is 4. The van der Waals surface area contributed by atoms with E-state index in [0.717, 1.165) is 36.3 Å². The van der Waals surface area contributed by atoms with Crippen molar-refractivity contribution in [1.82, 2.24) is 4.90 Å². The van der Waals surface area contributed by atoms with Gasteiger partial charge in [0.05, 0.1) is 14.2 Å². The van der Waals surface area contributed by atoms with Crippen LogP contribution in [0.2, 0.25) is 0 Å². The summed E-state index contributed by atoms with van der Waals surface area (Å²) < 4.78 is 33.4. The highest BCUT2D eigenvalue weighted by atomic mass is 16.7. The first-order chi connectivity index (χ1) is 14.6. The first-order valence-corrected chi connectivity index (χ1v) is 10.0. The highest BCUT2D eigenvalue weighted by Gasteiger charge is 2.37. The molecule has 2 aromatic carbocycles. The zero-order chi connectivity index (χ0) is 21.3. The molecule has 0 aromatic heterocycles. The molecule has 0 fully saturated rings. The van der Waals surface area contributed by atoms with Gasteiger partial charge in [0.25, 0.3) is 0 Å². The van der Waals surface area contributed by atoms with Crippen molar-refractivity contribution in [3.63, 3.8) is 0 Å². The van der Waals surface area contributed by atoms with Gasteiger partial charge in [0.15, 0.2) is 36.6 Å². The Labute approximate surface area is 177 Å². The van der Waals surface area contributed by atoms with Crippen molar-refractivity contribution in [2.45, 2.75) is 18.9 Å². The predicted octanol–water partition coefficient (Wildman–Crippen LogP) is 3.42. The van der Waals surface area contributed by atoms with Crippen LogP contribution in [0.5, 0.6) is 23.0 Å². The van der Waals surface area contributed by atoms with E-state index in [1.54, 1.807) is 28.4 Å². The van der Waals surface area contributed by atoms with Crippen molar-refractivity contribution in [1.29, 1.82) is 0 Å². The molecule has 2 aliphatic rings. The summed E-state index contributed by atoms with van der Waals surface area (Å²) in [6.45, 7) is 1.32. The third kappa shape index (κ3) is 3.47. The Balaban J connectivity index is 1.95. The highest BCUT2D eigenvalue weighted by molar-refractivity contribution is 5.85. The fraction of sp³-hybridized carbons (Fsp3) is 0.478. The van der Waals surface area contributed by atoms with Crippen LogP contribution < -0.4 is 18.9 Å². The van der Waals surface area contributed by atoms with Crippen molar-refractivity contribution in [3.8, 4) is 34.1 Å². The smallest absolute Gasteiger partial charge is 0.188 e. The maximum atomic E-state index is 5.89. The molecule has 0 saturated carbocycles. The molecular weight excluding hydrogens is 386 g/mol. The van der Waals surface area contributed by atoms with E-state index in [9.17, 15) is 0 Å². The molecule has 0 saturated heterocycles. The Morgan fingerprint density at radius 2 is 1.57 bits per heavy atom. The van der Waals surface area contributed by atoms with Gasteiger partial charge in [-0.2, -0.15) is 0 Å². The largest absolute Gasteiger partial charge is 0.493 e. The van der Waals surface area contributed by atoms with Crippen molar-refractivity contribution < 1.29 is 28.4 Å². The average molecular weight is 415 g/mol. The van der Waals surface area contributed by atoms with Gasteiger partial charge in [-0.05, 0) is 60.3 Å². The lowest BCUT2D eigenvalue weighted by molar-refractivity contribution is 0.0490. The number of rotatable bonds is 8. The lowest BCUT2D eigenvalue weighted by Gasteiger charge is -2.40. The Morgan fingerprint density at radius 3 is 2.23 bits per heavy atom. The fourth-order valence-corrected chi connectivity index (χ4v) is 4.53. The number of hydrogen-bond acceptors (Lipinski definition) is 7. The van der Waals surface area contributed by atoms with Crippen LogP contribution in [0.3, 0.4) is 0 Å². The summed E-state index contributed by atoms with van der Waals surface area (Å²) >= 11 is 0. The highest BCUT2D eigenvalue weighted by Crippen LogP contribution is 2.54. The Hall–Kier alpha value is -2.48. The standard InChI is InChI=1S/C23H29NO6/c1-24-7-6-14-9-20(30-13-26-3)23(28-5)22-16-11-18(27-4)19(29-12-25-2)10-15(16)8-17(24)21(14)22/h9-11,17H,6-8,12-13H2,1-5H3/t17-/m0/s1. The van der Waals surface area contributed by atoms with Gasteiger partial charge < -0.3 is 28.4 Å². The van der Waals surface area contributed by atoms with E-state index in [4.69, 9.17) is 28.4 Å². The summed E-state index contributed by atoms with van der Waals surface area (Å²) in [5.41, 5.74) is 5.94. The van der Waals surface area contributed by atoms with Crippen LogP contribution in [-0.2, 0) is 22.3 Å². The van der Waals surface area contributed by atoms with Crippen LogP contribution in [0.4, 0.5) is 0 Å². The molecule has 30 heavy (non-hydrogen) atoms. The molecule has 162 valence electrons. The molecule has 0 radical (unpaired) electrons. The lowest BCUT2D eigenvalue weighted by Crippen LogP contribution is -2.35. The van der Waals surface area contributed by atoms with Crippen LogP contribution in [0.25, 0.3) is 11.1 Å². The van der Waals surface area contributed by atoms with Gasteiger partial charge in [-0.15, -0.1) is 0 Å². The number of nitrogens with zero attached hydrogens (tertiary/aromatic N) is 1. The molecule has 0 unspecified atom stereocenters. The molecule has 1 atom stereocenters. The molecule has 1 heterocycles. The van der Waals surface area contributed by atoms with E-state index >= 15 is 0 Å². The Bertz CT molecular complexity index is 929. The summed E-state index contributed by atoms with van der Waals surface area (Å²) in [5.74, 6) is 2.75. The van der Waals surface area contributed by atoms with Crippen LogP contribution in [0, 0.1) is 0 Å². The van der Waals surface area contributed by atoms with Crippen LogP contribution in [0.15, 0.2) is 18.2 Å². The molecule has 4 rings (SSSR count). The Kier molecular flexibility index (Phi) is 6.04. The van der Waals surface area contributed by atoms with Gasteiger partial charge in [0.2, 0.25) is 0 Å². The zero-order valence-corrected chi connectivity index (χ0v) is 18.2. The van der Waals surface area contributed by atoms with Crippen LogP contribution >= 0.6 is 0 Å². The molecule has 7 heteroatoms. The van der Waals surface area contributed by atoms with Crippen molar-refractivity contribution in [3.05, 3.63) is 34.9 Å². The molecule has 1 aliphatic heterocycles. The molecule has 0 amide bonds. The second kappa shape index (κ2) is 8.71. The van der Waals surface area contributed by atoms with Gasteiger partial charge in [-0.3, -0.25) is 4.90 Å². The molecule has 0 bridgehead atoms. The topological polar surface area (TPSA) is 58.6 Å². The van der Waals surface area contributed by atoms with Crippen molar-refractivity contribution in [2.24, 2.45) is 0 Å². The summed E-state index contributed by atoms with van der Waals surface area (Å²) in [6.07, 6.45) is 1.85. The number of hydrogen-bond donors (Lipinski definition) is 0. The molecule has 7 nitrogen and oxygen atoms in total. The van der Waals surface area contributed by atoms with Gasteiger partial charge >= 0.3 is 0 Å². The van der Waals surface area contributed by atoms with Gasteiger partial charge in [-0.25, -0.2) is 0 Å². The first kappa shape index (κ1) is 20.8. The van der Waals surface area contributed by atoms with Gasteiger partial charge in [-0.1, -0.05) is 0 Å². The minimum atomic E-state index is 0.164. The minimum Gasteiger partial charge on any atom is -0.493 e. The molecule has 1 aliphatic carbocycles. The zero-order valence-electron chi connectivity index (χ0n) is 18.2. The van der Waals surface area contributed by atoms with E-state index in [0.29, 0.717) is 17.2 Å². The number of likely N-dealkylation sites (N-methyl/N-ethyl adjacent to an activating group) is 1. The quantitative estimate of drug-likeness (QED) is 0.612. The number of fused-ring (bicyclic) bond motifs is 2. The first-order valence-electron chi connectivity index (χ1n) is 10.0. The molecular formula is C23H29NO6. The number of ether oxygens (including phenoxy) is 6. The maximum Gasteiger partial charge on any atom is 0.188 e. The molecule has 2 aromatic rings. The number of benzene rings is 2. The monoisotopic (exact) mass is 415 g/mol. The maximum absolute atomic E-state index is 5.89. The molecule has 0 N–H and O–H groups in total. The van der Waals surface area contributed by atoms with Crippen LogP contribution in [-0.4, -0.2) is 60.5 Å². The van der Waals surface area contributed by atoms with E-state index in [1.165, 1.54) is 16.7 Å². The van der Waals surface area contributed by atoms with Gasteiger partial charge in [0, 0.05) is 32.4 Å².